The van der Waals surface area contributed by atoms with Crippen LogP contribution < -0.4 is 5.32 Å². The Kier molecular flexibility index (Phi) is 6.57. The molecule has 0 radical (unpaired) electrons. The van der Waals surface area contributed by atoms with Crippen LogP contribution >= 0.6 is 0 Å². The molecule has 1 aliphatic heterocycles. The van der Waals surface area contributed by atoms with Gasteiger partial charge in [0, 0.05) is 26.2 Å². The summed E-state index contributed by atoms with van der Waals surface area (Å²) in [4.78, 5) is 2.51. The largest absolute Gasteiger partial charge is 0.468 e. The maximum atomic E-state index is 5.87. The van der Waals surface area contributed by atoms with E-state index in [1.165, 1.54) is 19.4 Å². The van der Waals surface area contributed by atoms with Gasteiger partial charge in [-0.3, -0.25) is 4.90 Å². The number of nitrogens with one attached hydrogen (secondary N) is 1. The van der Waals surface area contributed by atoms with Gasteiger partial charge >= 0.3 is 0 Å². The molecule has 2 heterocycles. The first-order chi connectivity index (χ1) is 9.79. The SMILES string of the molecule is CCCOC1CCCN(CCNC(C)c2ccco2)C1. The van der Waals surface area contributed by atoms with E-state index in [1.807, 2.05) is 12.1 Å². The second kappa shape index (κ2) is 8.45. The highest BCUT2D eigenvalue weighted by Gasteiger charge is 2.19. The van der Waals surface area contributed by atoms with Gasteiger partial charge < -0.3 is 14.5 Å². The molecule has 1 N–H and O–H groups in total. The van der Waals surface area contributed by atoms with Crippen LogP contribution in [0.2, 0.25) is 0 Å². The summed E-state index contributed by atoms with van der Waals surface area (Å²) in [6.07, 6.45) is 5.74. The van der Waals surface area contributed by atoms with Gasteiger partial charge in [0.05, 0.1) is 18.4 Å². The summed E-state index contributed by atoms with van der Waals surface area (Å²) in [6.45, 7) is 9.55. The van der Waals surface area contributed by atoms with Crippen LogP contribution in [-0.4, -0.2) is 43.8 Å². The van der Waals surface area contributed by atoms with Crippen molar-refractivity contribution in [3.8, 4) is 0 Å². The van der Waals surface area contributed by atoms with Gasteiger partial charge in [-0.05, 0) is 44.9 Å². The van der Waals surface area contributed by atoms with E-state index in [0.29, 0.717) is 6.10 Å². The zero-order valence-corrected chi connectivity index (χ0v) is 12.8. The van der Waals surface area contributed by atoms with Crippen LogP contribution in [0.5, 0.6) is 0 Å². The summed E-state index contributed by atoms with van der Waals surface area (Å²) in [5.41, 5.74) is 0. The molecule has 1 aromatic rings. The molecule has 2 atom stereocenters. The van der Waals surface area contributed by atoms with Gasteiger partial charge in [-0.25, -0.2) is 0 Å². The molecule has 0 saturated carbocycles. The molecule has 2 rings (SSSR count). The fourth-order valence-corrected chi connectivity index (χ4v) is 2.71. The summed E-state index contributed by atoms with van der Waals surface area (Å²) < 4.78 is 11.3. The Balaban J connectivity index is 1.63. The standard InChI is InChI=1S/C16H28N2O2/c1-3-11-19-15-6-4-9-18(13-15)10-8-17-14(2)16-7-5-12-20-16/h5,7,12,14-15,17H,3-4,6,8-11,13H2,1-2H3. The van der Waals surface area contributed by atoms with E-state index in [9.17, 15) is 0 Å². The molecule has 1 aliphatic rings. The Hall–Kier alpha value is -0.840. The van der Waals surface area contributed by atoms with Gasteiger partial charge in [-0.1, -0.05) is 6.92 Å². The van der Waals surface area contributed by atoms with Gasteiger partial charge in [-0.2, -0.15) is 0 Å². The molecule has 4 heteroatoms. The summed E-state index contributed by atoms with van der Waals surface area (Å²) in [5, 5.41) is 3.51. The van der Waals surface area contributed by atoms with Crippen molar-refractivity contribution in [1.82, 2.24) is 10.2 Å². The van der Waals surface area contributed by atoms with Crippen LogP contribution in [0.1, 0.15) is 44.9 Å². The number of rotatable bonds is 8. The molecule has 20 heavy (non-hydrogen) atoms. The first kappa shape index (κ1) is 15.5. The first-order valence-corrected chi connectivity index (χ1v) is 7.90. The average Bonchev–Trinajstić information content (AvgIpc) is 3.00. The lowest BCUT2D eigenvalue weighted by molar-refractivity contribution is 0.000216. The second-order valence-corrected chi connectivity index (χ2v) is 5.63. The van der Waals surface area contributed by atoms with Crippen LogP contribution in [0.15, 0.2) is 22.8 Å². The molecule has 1 saturated heterocycles. The Morgan fingerprint density at radius 2 is 2.45 bits per heavy atom. The molecule has 4 nitrogen and oxygen atoms in total. The van der Waals surface area contributed by atoms with Crippen LogP contribution in [0, 0.1) is 0 Å². The van der Waals surface area contributed by atoms with E-state index in [2.05, 4.69) is 24.1 Å². The number of ether oxygens (including phenoxy) is 1. The minimum absolute atomic E-state index is 0.280. The zero-order valence-electron chi connectivity index (χ0n) is 12.8. The van der Waals surface area contributed by atoms with E-state index in [4.69, 9.17) is 9.15 Å². The highest BCUT2D eigenvalue weighted by Crippen LogP contribution is 2.14. The number of hydrogen-bond donors (Lipinski definition) is 1. The van der Waals surface area contributed by atoms with Crippen LogP contribution in [0.4, 0.5) is 0 Å². The van der Waals surface area contributed by atoms with E-state index < -0.39 is 0 Å². The minimum Gasteiger partial charge on any atom is -0.468 e. The van der Waals surface area contributed by atoms with E-state index in [1.54, 1.807) is 6.26 Å². The third kappa shape index (κ3) is 4.93. The lowest BCUT2D eigenvalue weighted by Crippen LogP contribution is -2.43. The van der Waals surface area contributed by atoms with E-state index in [-0.39, 0.29) is 6.04 Å². The number of piperidine rings is 1. The number of nitrogens with zero attached hydrogens (tertiary/aromatic N) is 1. The fraction of sp³-hybridized carbons (Fsp3) is 0.750. The summed E-state index contributed by atoms with van der Waals surface area (Å²) >= 11 is 0. The Labute approximate surface area is 122 Å². The van der Waals surface area contributed by atoms with Crippen molar-refractivity contribution in [1.29, 1.82) is 0 Å². The predicted molar refractivity (Wildman–Crippen MR) is 80.8 cm³/mol. The van der Waals surface area contributed by atoms with E-state index in [0.717, 1.165) is 38.4 Å². The third-order valence-electron chi connectivity index (χ3n) is 3.87. The molecule has 0 aliphatic carbocycles. The predicted octanol–water partition coefficient (Wildman–Crippen LogP) is 2.82. The van der Waals surface area contributed by atoms with Crippen LogP contribution in [-0.2, 0) is 4.74 Å². The normalized spacial score (nSPS) is 22.0. The Morgan fingerprint density at radius 3 is 3.20 bits per heavy atom. The zero-order chi connectivity index (χ0) is 14.2. The third-order valence-corrected chi connectivity index (χ3v) is 3.87. The summed E-state index contributed by atoms with van der Waals surface area (Å²) in [6, 6.07) is 4.24. The molecule has 0 aromatic carbocycles. The molecule has 0 spiro atoms. The quantitative estimate of drug-likeness (QED) is 0.794. The van der Waals surface area contributed by atoms with Crippen LogP contribution in [0.3, 0.4) is 0 Å². The molecule has 1 aromatic heterocycles. The average molecular weight is 280 g/mol. The molecule has 2 unspecified atom stereocenters. The maximum absolute atomic E-state index is 5.87. The number of hydrogen-bond acceptors (Lipinski definition) is 4. The van der Waals surface area contributed by atoms with E-state index >= 15 is 0 Å². The topological polar surface area (TPSA) is 37.6 Å². The smallest absolute Gasteiger partial charge is 0.120 e. The maximum Gasteiger partial charge on any atom is 0.120 e. The second-order valence-electron chi connectivity index (χ2n) is 5.63. The molecular weight excluding hydrogens is 252 g/mol. The molecule has 114 valence electrons. The van der Waals surface area contributed by atoms with Crippen molar-refractivity contribution < 1.29 is 9.15 Å². The minimum atomic E-state index is 0.280. The Bertz CT molecular complexity index is 353. The van der Waals surface area contributed by atoms with Crippen LogP contribution in [0.25, 0.3) is 0 Å². The Morgan fingerprint density at radius 1 is 1.55 bits per heavy atom. The van der Waals surface area contributed by atoms with Gasteiger partial charge in [-0.15, -0.1) is 0 Å². The molecule has 1 fully saturated rings. The first-order valence-electron chi connectivity index (χ1n) is 7.90. The lowest BCUT2D eigenvalue weighted by Gasteiger charge is -2.32. The monoisotopic (exact) mass is 280 g/mol. The number of furan rings is 1. The van der Waals surface area contributed by atoms with Crippen molar-refractivity contribution in [2.24, 2.45) is 0 Å². The van der Waals surface area contributed by atoms with Gasteiger partial charge in [0.1, 0.15) is 5.76 Å². The van der Waals surface area contributed by atoms with Gasteiger partial charge in [0.2, 0.25) is 0 Å². The summed E-state index contributed by atoms with van der Waals surface area (Å²) in [7, 11) is 0. The van der Waals surface area contributed by atoms with Crippen molar-refractivity contribution in [3.63, 3.8) is 0 Å². The lowest BCUT2D eigenvalue weighted by atomic mass is 10.1. The van der Waals surface area contributed by atoms with Gasteiger partial charge in [0.25, 0.3) is 0 Å². The van der Waals surface area contributed by atoms with Crippen molar-refractivity contribution >= 4 is 0 Å². The van der Waals surface area contributed by atoms with Crippen molar-refractivity contribution in [3.05, 3.63) is 24.2 Å². The fourth-order valence-electron chi connectivity index (χ4n) is 2.71. The summed E-state index contributed by atoms with van der Waals surface area (Å²) in [5.74, 6) is 1.01. The van der Waals surface area contributed by atoms with Gasteiger partial charge in [0.15, 0.2) is 0 Å². The molecule has 0 amide bonds. The highest BCUT2D eigenvalue weighted by molar-refractivity contribution is 5.02. The number of likely N-dealkylation sites (tertiary alicyclic amines) is 1. The molecule has 0 bridgehead atoms. The van der Waals surface area contributed by atoms with Crippen molar-refractivity contribution in [2.75, 3.05) is 32.8 Å². The highest BCUT2D eigenvalue weighted by atomic mass is 16.5. The molecular formula is C16H28N2O2. The van der Waals surface area contributed by atoms with Crippen molar-refractivity contribution in [2.45, 2.75) is 45.3 Å².